The molecule has 0 fully saturated rings. The Morgan fingerprint density at radius 3 is 1.61 bits per heavy atom. The lowest BCUT2D eigenvalue weighted by molar-refractivity contribution is 0.143. The minimum Gasteiger partial charge on any atom is -0.450 e. The molecule has 0 aliphatic carbocycles. The number of carbonyl (C=O) groups is 1. The summed E-state index contributed by atoms with van der Waals surface area (Å²) in [6, 6.07) is 0. The van der Waals surface area contributed by atoms with Gasteiger partial charge in [0.2, 0.25) is 0 Å². The highest BCUT2D eigenvalue weighted by molar-refractivity contribution is 5.66. The molecule has 168 valence electrons. The Morgan fingerprint density at radius 2 is 1.14 bits per heavy atom. The molecule has 0 atom stereocenters. The average Bonchev–Trinajstić information content (AvgIpc) is 2.71. The van der Waals surface area contributed by atoms with Crippen molar-refractivity contribution in [2.24, 2.45) is 0 Å². The van der Waals surface area contributed by atoms with Crippen LogP contribution in [0.2, 0.25) is 0 Å². The molecule has 0 aliphatic heterocycles. The summed E-state index contributed by atoms with van der Waals surface area (Å²) in [4.78, 5) is 14.0. The standard InChI is InChI=1S/C24H50N2O2/c1-4-7-8-9-10-11-12-13-14-15-16-17-18-19-23-28-24(27)25-21-20-22-26(5-2)6-3/h4-23H2,1-3H3,(H,25,27). The van der Waals surface area contributed by atoms with E-state index in [-0.39, 0.29) is 6.09 Å². The van der Waals surface area contributed by atoms with Gasteiger partial charge in [-0.1, -0.05) is 104 Å². The molecule has 28 heavy (non-hydrogen) atoms. The largest absolute Gasteiger partial charge is 0.450 e. The van der Waals surface area contributed by atoms with Crippen LogP contribution in [0, 0.1) is 0 Å². The number of ether oxygens (including phenoxy) is 1. The van der Waals surface area contributed by atoms with Crippen molar-refractivity contribution in [1.29, 1.82) is 0 Å². The zero-order chi connectivity index (χ0) is 20.7. The van der Waals surface area contributed by atoms with Gasteiger partial charge in [0.05, 0.1) is 6.61 Å². The maximum Gasteiger partial charge on any atom is 0.407 e. The lowest BCUT2D eigenvalue weighted by Crippen LogP contribution is -2.30. The highest BCUT2D eigenvalue weighted by Crippen LogP contribution is 2.12. The molecule has 0 aromatic heterocycles. The highest BCUT2D eigenvalue weighted by atomic mass is 16.5. The van der Waals surface area contributed by atoms with Crippen molar-refractivity contribution < 1.29 is 9.53 Å². The first-order valence-electron chi connectivity index (χ1n) is 12.4. The van der Waals surface area contributed by atoms with Crippen LogP contribution in [0.1, 0.15) is 117 Å². The first-order valence-corrected chi connectivity index (χ1v) is 12.4. The molecule has 0 bridgehead atoms. The molecule has 0 aromatic carbocycles. The van der Waals surface area contributed by atoms with Crippen LogP contribution in [0.5, 0.6) is 0 Å². The number of amides is 1. The molecule has 1 N–H and O–H groups in total. The van der Waals surface area contributed by atoms with Crippen molar-refractivity contribution in [3.8, 4) is 0 Å². The maximum atomic E-state index is 11.6. The Bertz CT molecular complexity index is 320. The van der Waals surface area contributed by atoms with E-state index in [0.29, 0.717) is 13.2 Å². The van der Waals surface area contributed by atoms with Crippen LogP contribution in [0.3, 0.4) is 0 Å². The number of unbranched alkanes of at least 4 members (excludes halogenated alkanes) is 13. The van der Waals surface area contributed by atoms with Crippen molar-refractivity contribution in [2.45, 2.75) is 117 Å². The van der Waals surface area contributed by atoms with Gasteiger partial charge in [-0.15, -0.1) is 0 Å². The molecule has 0 heterocycles. The summed E-state index contributed by atoms with van der Waals surface area (Å²) in [5, 5.41) is 2.85. The van der Waals surface area contributed by atoms with Gasteiger partial charge < -0.3 is 15.0 Å². The zero-order valence-electron chi connectivity index (χ0n) is 19.4. The summed E-state index contributed by atoms with van der Waals surface area (Å²) >= 11 is 0. The van der Waals surface area contributed by atoms with E-state index in [2.05, 4.69) is 31.0 Å². The van der Waals surface area contributed by atoms with Gasteiger partial charge in [-0.25, -0.2) is 4.79 Å². The summed E-state index contributed by atoms with van der Waals surface area (Å²) < 4.78 is 5.25. The SMILES string of the molecule is CCCCCCCCCCCCCCCCOC(=O)NCCCN(CC)CC. The lowest BCUT2D eigenvalue weighted by Gasteiger charge is -2.17. The molecule has 4 nitrogen and oxygen atoms in total. The number of nitrogens with zero attached hydrogens (tertiary/aromatic N) is 1. The molecule has 0 radical (unpaired) electrons. The molecule has 0 aromatic rings. The van der Waals surface area contributed by atoms with Gasteiger partial charge in [-0.05, 0) is 32.5 Å². The normalized spacial score (nSPS) is 11.1. The number of nitrogens with one attached hydrogen (secondary N) is 1. The van der Waals surface area contributed by atoms with Gasteiger partial charge in [-0.3, -0.25) is 0 Å². The fourth-order valence-electron chi connectivity index (χ4n) is 3.55. The lowest BCUT2D eigenvalue weighted by atomic mass is 10.0. The molecule has 0 saturated carbocycles. The Kier molecular flexibility index (Phi) is 21.9. The van der Waals surface area contributed by atoms with Crippen LogP contribution in [0.4, 0.5) is 4.79 Å². The van der Waals surface area contributed by atoms with Crippen LogP contribution in [0.25, 0.3) is 0 Å². The minimum atomic E-state index is -0.255. The second kappa shape index (κ2) is 22.5. The van der Waals surface area contributed by atoms with E-state index in [0.717, 1.165) is 32.5 Å². The van der Waals surface area contributed by atoms with Gasteiger partial charge in [0.15, 0.2) is 0 Å². The van der Waals surface area contributed by atoms with Gasteiger partial charge in [0.1, 0.15) is 0 Å². The number of alkyl carbamates (subject to hydrolysis) is 1. The van der Waals surface area contributed by atoms with Crippen LogP contribution in [-0.2, 0) is 4.74 Å². The quantitative estimate of drug-likeness (QED) is 0.213. The first kappa shape index (κ1) is 27.2. The van der Waals surface area contributed by atoms with E-state index >= 15 is 0 Å². The summed E-state index contributed by atoms with van der Waals surface area (Å²) in [5.74, 6) is 0. The van der Waals surface area contributed by atoms with E-state index < -0.39 is 0 Å². The van der Waals surface area contributed by atoms with Gasteiger partial charge >= 0.3 is 6.09 Å². The Morgan fingerprint density at radius 1 is 0.679 bits per heavy atom. The van der Waals surface area contributed by atoms with Crippen LogP contribution < -0.4 is 5.32 Å². The molecule has 4 heteroatoms. The van der Waals surface area contributed by atoms with Gasteiger partial charge in [0, 0.05) is 6.54 Å². The fourth-order valence-corrected chi connectivity index (χ4v) is 3.55. The van der Waals surface area contributed by atoms with Crippen molar-refractivity contribution in [2.75, 3.05) is 32.8 Å². The van der Waals surface area contributed by atoms with Crippen molar-refractivity contribution in [1.82, 2.24) is 10.2 Å². The Balaban J connectivity index is 3.19. The second-order valence-electron chi connectivity index (χ2n) is 8.04. The third kappa shape index (κ3) is 20.0. The number of carbonyl (C=O) groups excluding carboxylic acids is 1. The fraction of sp³-hybridized carbons (Fsp3) is 0.958. The molecule has 0 unspecified atom stereocenters. The summed E-state index contributed by atoms with van der Waals surface area (Å²) in [7, 11) is 0. The maximum absolute atomic E-state index is 11.6. The van der Waals surface area contributed by atoms with E-state index in [1.165, 1.54) is 83.5 Å². The molecule has 0 saturated heterocycles. The molecule has 0 rings (SSSR count). The van der Waals surface area contributed by atoms with E-state index in [9.17, 15) is 4.79 Å². The smallest absolute Gasteiger partial charge is 0.407 e. The Hall–Kier alpha value is -0.770. The first-order chi connectivity index (χ1) is 13.7. The van der Waals surface area contributed by atoms with Crippen molar-refractivity contribution >= 4 is 6.09 Å². The van der Waals surface area contributed by atoms with Gasteiger partial charge in [0.25, 0.3) is 0 Å². The van der Waals surface area contributed by atoms with E-state index in [1.807, 2.05) is 0 Å². The third-order valence-electron chi connectivity index (χ3n) is 5.55. The summed E-state index contributed by atoms with van der Waals surface area (Å²) in [6.07, 6.45) is 19.6. The molecule has 1 amide bonds. The summed E-state index contributed by atoms with van der Waals surface area (Å²) in [5.41, 5.74) is 0. The number of hydrogen-bond acceptors (Lipinski definition) is 3. The summed E-state index contributed by atoms with van der Waals surface area (Å²) in [6.45, 7) is 11.0. The van der Waals surface area contributed by atoms with Crippen LogP contribution in [0.15, 0.2) is 0 Å². The van der Waals surface area contributed by atoms with Crippen molar-refractivity contribution in [3.05, 3.63) is 0 Å². The van der Waals surface area contributed by atoms with Gasteiger partial charge in [-0.2, -0.15) is 0 Å². The molecule has 0 aliphatic rings. The third-order valence-corrected chi connectivity index (χ3v) is 5.55. The zero-order valence-corrected chi connectivity index (χ0v) is 19.4. The second-order valence-corrected chi connectivity index (χ2v) is 8.04. The van der Waals surface area contributed by atoms with E-state index in [4.69, 9.17) is 4.74 Å². The van der Waals surface area contributed by atoms with Crippen LogP contribution in [-0.4, -0.2) is 43.8 Å². The monoisotopic (exact) mass is 398 g/mol. The van der Waals surface area contributed by atoms with Crippen molar-refractivity contribution in [3.63, 3.8) is 0 Å². The molecule has 0 spiro atoms. The highest BCUT2D eigenvalue weighted by Gasteiger charge is 2.02. The predicted molar refractivity (Wildman–Crippen MR) is 122 cm³/mol. The molecular formula is C24H50N2O2. The van der Waals surface area contributed by atoms with Crippen LogP contribution >= 0.6 is 0 Å². The molecular weight excluding hydrogens is 348 g/mol. The Labute approximate surface area is 176 Å². The van der Waals surface area contributed by atoms with E-state index in [1.54, 1.807) is 0 Å². The predicted octanol–water partition coefficient (Wildman–Crippen LogP) is 6.93. The minimum absolute atomic E-state index is 0.255. The average molecular weight is 399 g/mol. The number of rotatable bonds is 21. The number of hydrogen-bond donors (Lipinski definition) is 1. The topological polar surface area (TPSA) is 41.6 Å².